The summed E-state index contributed by atoms with van der Waals surface area (Å²) in [7, 11) is 0. The zero-order valence-electron chi connectivity index (χ0n) is 9.98. The van der Waals surface area contributed by atoms with Gasteiger partial charge in [0.15, 0.2) is 0 Å². The van der Waals surface area contributed by atoms with Crippen molar-refractivity contribution in [3.05, 3.63) is 0 Å². The van der Waals surface area contributed by atoms with Gasteiger partial charge in [-0.1, -0.05) is 41.5 Å². The summed E-state index contributed by atoms with van der Waals surface area (Å²) in [4.78, 5) is 0. The van der Waals surface area contributed by atoms with Crippen LogP contribution in [-0.4, -0.2) is 12.2 Å². The molecule has 0 radical (unpaired) electrons. The minimum Gasteiger partial charge on any atom is -0.374 e. The fraction of sp³-hybridized carbons (Fsp3) is 1.00. The molecule has 0 saturated carbocycles. The number of hydrogen-bond donors (Lipinski definition) is 0. The monoisotopic (exact) mass is 184 g/mol. The van der Waals surface area contributed by atoms with Crippen LogP contribution in [0.4, 0.5) is 0 Å². The van der Waals surface area contributed by atoms with E-state index in [2.05, 4.69) is 41.5 Å². The molecule has 0 spiro atoms. The molecule has 1 aliphatic rings. The van der Waals surface area contributed by atoms with E-state index < -0.39 is 0 Å². The predicted molar refractivity (Wildman–Crippen MR) is 56.8 cm³/mol. The van der Waals surface area contributed by atoms with Crippen LogP contribution in [-0.2, 0) is 4.74 Å². The zero-order valence-corrected chi connectivity index (χ0v) is 9.98. The molecule has 0 aliphatic carbocycles. The molecule has 1 nitrogen and oxygen atoms in total. The van der Waals surface area contributed by atoms with Crippen molar-refractivity contribution in [3.8, 4) is 0 Å². The van der Waals surface area contributed by atoms with E-state index in [1.54, 1.807) is 0 Å². The first kappa shape index (κ1) is 11.0. The predicted octanol–water partition coefficient (Wildman–Crippen LogP) is 3.63. The molecule has 0 aromatic rings. The van der Waals surface area contributed by atoms with Crippen LogP contribution in [0.25, 0.3) is 0 Å². The summed E-state index contributed by atoms with van der Waals surface area (Å²) >= 11 is 0. The number of rotatable bonds is 1. The third kappa shape index (κ3) is 3.30. The lowest BCUT2D eigenvalue weighted by Gasteiger charge is -2.45. The van der Waals surface area contributed by atoms with Crippen LogP contribution in [0, 0.1) is 10.8 Å². The molecule has 78 valence electrons. The minimum atomic E-state index is 0.328. The molecule has 0 bridgehead atoms. The van der Waals surface area contributed by atoms with Gasteiger partial charge >= 0.3 is 0 Å². The maximum absolute atomic E-state index is 5.88. The van der Waals surface area contributed by atoms with Gasteiger partial charge in [0, 0.05) is 6.42 Å². The zero-order chi connectivity index (χ0) is 10.3. The van der Waals surface area contributed by atoms with E-state index in [9.17, 15) is 0 Å². The van der Waals surface area contributed by atoms with Crippen molar-refractivity contribution in [2.45, 2.75) is 66.6 Å². The van der Waals surface area contributed by atoms with Crippen molar-refractivity contribution < 1.29 is 4.74 Å². The lowest BCUT2D eigenvalue weighted by Crippen LogP contribution is -2.46. The highest BCUT2D eigenvalue weighted by Gasteiger charge is 2.39. The highest BCUT2D eigenvalue weighted by molar-refractivity contribution is 4.88. The summed E-state index contributed by atoms with van der Waals surface area (Å²) in [6, 6.07) is 0. The Labute approximate surface area is 82.9 Å². The summed E-state index contributed by atoms with van der Waals surface area (Å²) in [5.74, 6) is 0. The van der Waals surface area contributed by atoms with Gasteiger partial charge in [-0.25, -0.2) is 0 Å². The van der Waals surface area contributed by atoms with Gasteiger partial charge < -0.3 is 4.74 Å². The topological polar surface area (TPSA) is 9.23 Å². The second-order valence-electron chi connectivity index (χ2n) is 6.61. The first-order valence-electron chi connectivity index (χ1n) is 5.34. The third-order valence-corrected chi connectivity index (χ3v) is 2.64. The highest BCUT2D eigenvalue weighted by atomic mass is 16.5. The van der Waals surface area contributed by atoms with Gasteiger partial charge in [-0.05, 0) is 17.3 Å². The highest BCUT2D eigenvalue weighted by Crippen LogP contribution is 2.39. The second-order valence-corrected chi connectivity index (χ2v) is 6.61. The Morgan fingerprint density at radius 3 is 1.85 bits per heavy atom. The maximum Gasteiger partial charge on any atom is 0.0651 e. The van der Waals surface area contributed by atoms with Crippen LogP contribution >= 0.6 is 0 Å². The minimum absolute atomic E-state index is 0.328. The molecule has 1 saturated heterocycles. The molecule has 0 N–H and O–H groups in total. The van der Waals surface area contributed by atoms with Gasteiger partial charge in [0.1, 0.15) is 0 Å². The summed E-state index contributed by atoms with van der Waals surface area (Å²) in [5, 5.41) is 0. The molecule has 13 heavy (non-hydrogen) atoms. The van der Waals surface area contributed by atoms with Crippen LogP contribution in [0.5, 0.6) is 0 Å². The lowest BCUT2D eigenvalue weighted by molar-refractivity contribution is -0.179. The van der Waals surface area contributed by atoms with Gasteiger partial charge in [-0.2, -0.15) is 0 Å². The van der Waals surface area contributed by atoms with Crippen molar-refractivity contribution in [2.75, 3.05) is 0 Å². The van der Waals surface area contributed by atoms with Crippen molar-refractivity contribution in [1.82, 2.24) is 0 Å². The molecule has 0 aromatic heterocycles. The Kier molecular flexibility index (Phi) is 2.78. The molecular formula is C12H24O. The number of ether oxygens (including phenoxy) is 1. The van der Waals surface area contributed by atoms with Crippen LogP contribution in [0.15, 0.2) is 0 Å². The van der Waals surface area contributed by atoms with Crippen molar-refractivity contribution >= 4 is 0 Å². The van der Waals surface area contributed by atoms with Crippen LogP contribution < -0.4 is 0 Å². The van der Waals surface area contributed by atoms with Crippen LogP contribution in [0.2, 0.25) is 0 Å². The quantitative estimate of drug-likeness (QED) is 0.604. The largest absolute Gasteiger partial charge is 0.374 e. The van der Waals surface area contributed by atoms with E-state index in [0.717, 1.165) is 0 Å². The Balaban J connectivity index is 2.27. The average Bonchev–Trinajstić information content (AvgIpc) is 1.71. The molecule has 2 atom stereocenters. The molecule has 1 rings (SSSR count). The summed E-state index contributed by atoms with van der Waals surface area (Å²) in [5.41, 5.74) is 0.738. The van der Waals surface area contributed by atoms with E-state index in [1.165, 1.54) is 12.8 Å². The van der Waals surface area contributed by atoms with Gasteiger partial charge in [-0.3, -0.25) is 0 Å². The lowest BCUT2D eigenvalue weighted by atomic mass is 9.78. The smallest absolute Gasteiger partial charge is 0.0651 e. The Morgan fingerprint density at radius 1 is 1.08 bits per heavy atom. The van der Waals surface area contributed by atoms with Crippen LogP contribution in [0.1, 0.15) is 54.4 Å². The fourth-order valence-electron chi connectivity index (χ4n) is 1.83. The summed E-state index contributed by atoms with van der Waals surface area (Å²) in [6.07, 6.45) is 3.45. The molecular weight excluding hydrogens is 160 g/mol. The van der Waals surface area contributed by atoms with Gasteiger partial charge in [0.05, 0.1) is 12.2 Å². The van der Waals surface area contributed by atoms with Crippen molar-refractivity contribution in [2.24, 2.45) is 10.8 Å². The van der Waals surface area contributed by atoms with Gasteiger partial charge in [0.2, 0.25) is 0 Å². The summed E-state index contributed by atoms with van der Waals surface area (Å²) in [6.45, 7) is 13.6. The van der Waals surface area contributed by atoms with E-state index in [1.807, 2.05) is 0 Å². The molecule has 1 heterocycles. The van der Waals surface area contributed by atoms with Gasteiger partial charge in [-0.15, -0.1) is 0 Å². The average molecular weight is 184 g/mol. The third-order valence-electron chi connectivity index (χ3n) is 2.64. The molecule has 1 aliphatic heterocycles. The Bertz CT molecular complexity index is 165. The van der Waals surface area contributed by atoms with Gasteiger partial charge in [0.25, 0.3) is 0 Å². The molecule has 0 aromatic carbocycles. The SMILES string of the molecule is CC(C)(C)CC1CC(C(C)(C)C)O1. The maximum atomic E-state index is 5.88. The van der Waals surface area contributed by atoms with Crippen LogP contribution in [0.3, 0.4) is 0 Å². The Morgan fingerprint density at radius 2 is 1.54 bits per heavy atom. The normalized spacial score (nSPS) is 30.0. The van der Waals surface area contributed by atoms with Crippen molar-refractivity contribution in [3.63, 3.8) is 0 Å². The molecule has 1 fully saturated rings. The summed E-state index contributed by atoms with van der Waals surface area (Å²) < 4.78 is 5.88. The molecule has 2 unspecified atom stereocenters. The molecule has 1 heteroatoms. The van der Waals surface area contributed by atoms with E-state index in [4.69, 9.17) is 4.74 Å². The first-order chi connectivity index (χ1) is 5.68. The number of hydrogen-bond acceptors (Lipinski definition) is 1. The fourth-order valence-corrected chi connectivity index (χ4v) is 1.83. The van der Waals surface area contributed by atoms with E-state index >= 15 is 0 Å². The van der Waals surface area contributed by atoms with E-state index in [0.29, 0.717) is 23.0 Å². The van der Waals surface area contributed by atoms with Crippen molar-refractivity contribution in [1.29, 1.82) is 0 Å². The molecule has 0 amide bonds. The van der Waals surface area contributed by atoms with E-state index in [-0.39, 0.29) is 0 Å². The standard InChI is InChI=1S/C12H24O/c1-11(2,3)8-9-7-10(13-9)12(4,5)6/h9-10H,7-8H2,1-6H3. The first-order valence-corrected chi connectivity index (χ1v) is 5.34. The Hall–Kier alpha value is -0.0400. The second kappa shape index (κ2) is 3.27.